The Morgan fingerprint density at radius 2 is 1.67 bits per heavy atom. The fourth-order valence-corrected chi connectivity index (χ4v) is 9.87. The molecule has 4 amide bonds. The number of nitrogens with one attached hydrogen (secondary N) is 3. The van der Waals surface area contributed by atoms with Crippen LogP contribution in [-0.2, 0) is 29.1 Å². The number of benzene rings is 2. The number of piperazine rings is 1. The van der Waals surface area contributed by atoms with E-state index in [0.29, 0.717) is 42.8 Å². The number of piperidine rings is 1. The SMILES string of the molecule is C#Cc1ccc(CNC(=O)[C@@H]2C[C@@H](O)CN2C(=O)[C@@H](NC(=O)N2CCN(CC3CCN(c4cnc(N5CCc6[nH]c7nnc(-c8ccccc8O)cc7c6C5)nc4)CC3)CC2)C(C)(C)C)cc1. The molecule has 7 heterocycles. The Morgan fingerprint density at radius 1 is 0.940 bits per heavy atom. The van der Waals surface area contributed by atoms with Crippen molar-refractivity contribution in [1.82, 2.24) is 50.5 Å². The number of H-pyrrole nitrogens is 1. The van der Waals surface area contributed by atoms with E-state index < -0.39 is 23.6 Å². The van der Waals surface area contributed by atoms with Crippen molar-refractivity contribution in [1.29, 1.82) is 0 Å². The summed E-state index contributed by atoms with van der Waals surface area (Å²) in [5.41, 5.74) is 6.26. The first kappa shape index (κ1) is 45.4. The van der Waals surface area contributed by atoms with Crippen molar-refractivity contribution in [3.05, 3.63) is 89.4 Å². The van der Waals surface area contributed by atoms with E-state index >= 15 is 0 Å². The van der Waals surface area contributed by atoms with Gasteiger partial charge in [-0.05, 0) is 60.1 Å². The van der Waals surface area contributed by atoms with Gasteiger partial charge in [0.15, 0.2) is 5.65 Å². The summed E-state index contributed by atoms with van der Waals surface area (Å²) in [6, 6.07) is 14.4. The first-order valence-electron chi connectivity index (χ1n) is 23.4. The highest BCUT2D eigenvalue weighted by Gasteiger charge is 2.45. The molecule has 3 aromatic heterocycles. The van der Waals surface area contributed by atoms with E-state index in [1.165, 1.54) is 4.90 Å². The molecule has 0 spiro atoms. The first-order chi connectivity index (χ1) is 32.3. The molecule has 4 aliphatic rings. The van der Waals surface area contributed by atoms with Gasteiger partial charge in [0.2, 0.25) is 17.8 Å². The van der Waals surface area contributed by atoms with Crippen molar-refractivity contribution in [2.24, 2.45) is 11.3 Å². The number of anilines is 2. The normalized spacial score (nSPS) is 19.8. The van der Waals surface area contributed by atoms with Gasteiger partial charge >= 0.3 is 6.03 Å². The predicted molar refractivity (Wildman–Crippen MR) is 255 cm³/mol. The molecule has 2 aromatic carbocycles. The Kier molecular flexibility index (Phi) is 13.0. The summed E-state index contributed by atoms with van der Waals surface area (Å²) < 4.78 is 0. The Balaban J connectivity index is 0.732. The van der Waals surface area contributed by atoms with Crippen LogP contribution >= 0.6 is 0 Å². The van der Waals surface area contributed by atoms with Crippen LogP contribution in [0.3, 0.4) is 0 Å². The standard InChI is InChI=1S/C50H60N12O5/c1-5-32-10-12-33(13-11-32)26-51-46(65)42-24-36(63)30-62(42)47(66)44(50(2,3)4)55-49(67)60-22-20-58(21-23-60)29-34-14-17-59(18-15-34)35-27-52-48(53-28-35)61-19-16-40-39(31-61)38-25-41(56-57-45(38)54-40)37-8-6-7-9-43(37)64/h1,6-13,25,27-28,34,36,42,44,63-64H,14-24,26,29-31H2,2-4H3,(H,51,65)(H,54,57)(H,55,67)/t36-,42+,44-/m1/s1. The van der Waals surface area contributed by atoms with Crippen molar-refractivity contribution in [3.8, 4) is 29.4 Å². The zero-order chi connectivity index (χ0) is 46.8. The third-order valence-electron chi connectivity index (χ3n) is 13.8. The number of para-hydroxylation sites is 1. The van der Waals surface area contributed by atoms with Crippen LogP contribution < -0.4 is 20.4 Å². The topological polar surface area (TPSA) is 199 Å². The minimum absolute atomic E-state index is 0.0168. The minimum Gasteiger partial charge on any atom is -0.507 e. The molecule has 3 fully saturated rings. The van der Waals surface area contributed by atoms with E-state index in [4.69, 9.17) is 16.4 Å². The van der Waals surface area contributed by atoms with Crippen LogP contribution in [0.15, 0.2) is 67.0 Å². The maximum Gasteiger partial charge on any atom is 0.318 e. The molecule has 0 bridgehead atoms. The Hall–Kier alpha value is -6.77. The number of amides is 4. The summed E-state index contributed by atoms with van der Waals surface area (Å²) in [4.78, 5) is 64.6. The molecule has 3 atom stereocenters. The van der Waals surface area contributed by atoms with Gasteiger partial charge in [0.25, 0.3) is 0 Å². The van der Waals surface area contributed by atoms with Crippen LogP contribution in [0.4, 0.5) is 16.4 Å². The van der Waals surface area contributed by atoms with Crippen molar-refractivity contribution in [3.63, 3.8) is 0 Å². The second-order valence-electron chi connectivity index (χ2n) is 19.4. The molecule has 3 saturated heterocycles. The average molecular weight is 909 g/mol. The number of terminal acetylenes is 1. The molecule has 0 unspecified atom stereocenters. The van der Waals surface area contributed by atoms with Crippen LogP contribution in [0.5, 0.6) is 5.75 Å². The fourth-order valence-electron chi connectivity index (χ4n) is 9.87. The third-order valence-corrected chi connectivity index (χ3v) is 13.8. The number of β-amino-alcohol motifs (C(OH)–C–C–N with tert-alkyl or cyclic N) is 1. The van der Waals surface area contributed by atoms with E-state index in [-0.39, 0.29) is 43.1 Å². The smallest absolute Gasteiger partial charge is 0.318 e. The Labute approximate surface area is 391 Å². The monoisotopic (exact) mass is 908 g/mol. The summed E-state index contributed by atoms with van der Waals surface area (Å²) in [5.74, 6) is 3.23. The summed E-state index contributed by atoms with van der Waals surface area (Å²) in [7, 11) is 0. The maximum absolute atomic E-state index is 14.2. The van der Waals surface area contributed by atoms with Crippen molar-refractivity contribution < 1.29 is 24.6 Å². The lowest BCUT2D eigenvalue weighted by Gasteiger charge is -2.40. The molecular weight excluding hydrogens is 849 g/mol. The van der Waals surface area contributed by atoms with Crippen molar-refractivity contribution in [2.45, 2.75) is 77.7 Å². The van der Waals surface area contributed by atoms with Gasteiger partial charge in [0, 0.05) is 113 Å². The zero-order valence-electron chi connectivity index (χ0n) is 38.5. The average Bonchev–Trinajstić information content (AvgIpc) is 3.92. The third kappa shape index (κ3) is 10.0. The van der Waals surface area contributed by atoms with Gasteiger partial charge in [-0.2, -0.15) is 0 Å². The molecule has 350 valence electrons. The number of phenols is 1. The summed E-state index contributed by atoms with van der Waals surface area (Å²) >= 11 is 0. The predicted octanol–water partition coefficient (Wildman–Crippen LogP) is 3.90. The van der Waals surface area contributed by atoms with E-state index in [2.05, 4.69) is 46.4 Å². The molecule has 9 rings (SSSR count). The van der Waals surface area contributed by atoms with Gasteiger partial charge in [-0.3, -0.25) is 14.5 Å². The van der Waals surface area contributed by atoms with Crippen LogP contribution in [0.25, 0.3) is 22.3 Å². The second kappa shape index (κ2) is 19.2. The molecule has 67 heavy (non-hydrogen) atoms. The van der Waals surface area contributed by atoms with Crippen LogP contribution in [0.1, 0.15) is 62.4 Å². The van der Waals surface area contributed by atoms with Crippen LogP contribution in [0, 0.1) is 23.7 Å². The van der Waals surface area contributed by atoms with E-state index in [1.54, 1.807) is 29.2 Å². The first-order valence-corrected chi connectivity index (χ1v) is 23.4. The zero-order valence-corrected chi connectivity index (χ0v) is 38.5. The number of aliphatic hydroxyl groups is 1. The van der Waals surface area contributed by atoms with Gasteiger partial charge in [0.1, 0.15) is 17.8 Å². The second-order valence-corrected chi connectivity index (χ2v) is 19.4. The van der Waals surface area contributed by atoms with Crippen LogP contribution in [-0.4, -0.2) is 145 Å². The van der Waals surface area contributed by atoms with Gasteiger partial charge in [0.05, 0.1) is 29.9 Å². The molecule has 5 N–H and O–H groups in total. The molecule has 17 nitrogen and oxygen atoms in total. The lowest BCUT2D eigenvalue weighted by molar-refractivity contribution is -0.142. The number of aromatic amines is 1. The summed E-state index contributed by atoms with van der Waals surface area (Å²) in [5, 5.41) is 36.8. The molecule has 0 saturated carbocycles. The Bertz CT molecular complexity index is 2620. The Morgan fingerprint density at radius 3 is 2.37 bits per heavy atom. The molecular formula is C50H60N12O5. The number of carbonyl (C=O) groups is 3. The largest absolute Gasteiger partial charge is 0.507 e. The van der Waals surface area contributed by atoms with Gasteiger partial charge < -0.3 is 45.4 Å². The number of carbonyl (C=O) groups excluding carboxylic acids is 3. The number of phenolic OH excluding ortho intramolecular Hbond substituents is 1. The van der Waals surface area contributed by atoms with E-state index in [1.807, 2.05) is 63.5 Å². The number of hydrogen-bond acceptors (Lipinski definition) is 12. The van der Waals surface area contributed by atoms with Crippen molar-refractivity contribution >= 4 is 40.5 Å². The number of fused-ring (bicyclic) bond motifs is 3. The number of urea groups is 1. The minimum atomic E-state index is -0.900. The number of hydrogen-bond donors (Lipinski definition) is 5. The molecule has 0 aliphatic carbocycles. The lowest BCUT2D eigenvalue weighted by Crippen LogP contribution is -2.61. The van der Waals surface area contributed by atoms with Crippen LogP contribution in [0.2, 0.25) is 0 Å². The number of aromatic nitrogens is 5. The highest BCUT2D eigenvalue weighted by molar-refractivity contribution is 5.93. The number of aliphatic hydroxyl groups excluding tert-OH is 1. The number of aromatic hydroxyl groups is 1. The van der Waals surface area contributed by atoms with Gasteiger partial charge in [-0.25, -0.2) is 14.8 Å². The fraction of sp³-hybridized carbons (Fsp3) is 0.460. The quantitative estimate of drug-likeness (QED) is 0.127. The number of likely N-dealkylation sites (tertiary alicyclic amines) is 1. The maximum atomic E-state index is 14.2. The lowest BCUT2D eigenvalue weighted by atomic mass is 9.85. The van der Waals surface area contributed by atoms with Crippen molar-refractivity contribution in [2.75, 3.05) is 68.7 Å². The van der Waals surface area contributed by atoms with Gasteiger partial charge in [-0.15, -0.1) is 16.6 Å². The van der Waals surface area contributed by atoms with E-state index in [9.17, 15) is 24.6 Å². The number of nitrogens with zero attached hydrogens (tertiary/aromatic N) is 9. The summed E-state index contributed by atoms with van der Waals surface area (Å²) in [6.45, 7) is 12.7. The highest BCUT2D eigenvalue weighted by atomic mass is 16.3. The molecule has 5 aromatic rings. The molecule has 17 heteroatoms. The molecule has 0 radical (unpaired) electrons. The summed E-state index contributed by atoms with van der Waals surface area (Å²) in [6.07, 6.45) is 11.5. The van der Waals surface area contributed by atoms with Gasteiger partial charge in [-0.1, -0.05) is 51.0 Å². The number of rotatable bonds is 10. The van der Waals surface area contributed by atoms with E-state index in [0.717, 1.165) is 97.6 Å². The highest BCUT2D eigenvalue weighted by Crippen LogP contribution is 2.34. The molecule has 4 aliphatic heterocycles.